The van der Waals surface area contributed by atoms with Crippen LogP contribution in [0, 0.1) is 11.3 Å². The van der Waals surface area contributed by atoms with E-state index >= 15 is 0 Å². The molecule has 1 N–H and O–H groups in total. The zero-order chi connectivity index (χ0) is 13.7. The van der Waals surface area contributed by atoms with E-state index in [4.69, 9.17) is 10.00 Å². The van der Waals surface area contributed by atoms with Crippen molar-refractivity contribution in [1.29, 1.82) is 5.26 Å². The van der Waals surface area contributed by atoms with Crippen LogP contribution in [0.5, 0.6) is 5.75 Å². The van der Waals surface area contributed by atoms with Crippen LogP contribution < -0.4 is 10.1 Å². The van der Waals surface area contributed by atoms with Gasteiger partial charge in [0.1, 0.15) is 11.8 Å². The van der Waals surface area contributed by atoms with E-state index in [2.05, 4.69) is 17.3 Å². The number of rotatable bonds is 5. The van der Waals surface area contributed by atoms with E-state index in [1.165, 1.54) is 0 Å². The third-order valence-corrected chi connectivity index (χ3v) is 2.77. The van der Waals surface area contributed by atoms with Crippen molar-refractivity contribution in [3.63, 3.8) is 0 Å². The predicted octanol–water partition coefficient (Wildman–Crippen LogP) is 2.50. The summed E-state index contributed by atoms with van der Waals surface area (Å²) in [6.07, 6.45) is 3.84. The van der Waals surface area contributed by atoms with E-state index in [0.717, 1.165) is 11.3 Å². The molecule has 5 heteroatoms. The Morgan fingerprint density at radius 2 is 2.16 bits per heavy atom. The Morgan fingerprint density at radius 3 is 2.74 bits per heavy atom. The molecule has 0 spiro atoms. The first-order valence-electron chi connectivity index (χ1n) is 6.04. The maximum Gasteiger partial charge on any atom is 0.174 e. The van der Waals surface area contributed by atoms with E-state index < -0.39 is 0 Å². The van der Waals surface area contributed by atoms with E-state index in [1.54, 1.807) is 4.68 Å². The first-order valence-corrected chi connectivity index (χ1v) is 6.04. The molecule has 0 radical (unpaired) electrons. The molecule has 0 aliphatic carbocycles. The molecular formula is C14H16N4O. The number of hydrogen-bond acceptors (Lipinski definition) is 4. The number of hydrogen-bond donors (Lipinski definition) is 1. The summed E-state index contributed by atoms with van der Waals surface area (Å²) in [7, 11) is 1.90. The van der Waals surface area contributed by atoms with Crippen molar-refractivity contribution in [1.82, 2.24) is 9.78 Å². The van der Waals surface area contributed by atoms with Crippen molar-refractivity contribution in [3.05, 3.63) is 42.2 Å². The smallest absolute Gasteiger partial charge is 0.174 e. The molecule has 1 atom stereocenters. The van der Waals surface area contributed by atoms with Crippen molar-refractivity contribution >= 4 is 5.69 Å². The highest BCUT2D eigenvalue weighted by molar-refractivity contribution is 5.47. The third kappa shape index (κ3) is 3.49. The molecule has 5 nitrogen and oxygen atoms in total. The van der Waals surface area contributed by atoms with Crippen LogP contribution in [0.25, 0.3) is 0 Å². The summed E-state index contributed by atoms with van der Waals surface area (Å²) < 4.78 is 6.98. The second-order valence-corrected chi connectivity index (χ2v) is 4.28. The van der Waals surface area contributed by atoms with Gasteiger partial charge in [0.05, 0.1) is 12.2 Å². The number of nitriles is 1. The largest absolute Gasteiger partial charge is 0.479 e. The van der Waals surface area contributed by atoms with E-state index in [0.29, 0.717) is 5.75 Å². The molecule has 19 heavy (non-hydrogen) atoms. The fourth-order valence-corrected chi connectivity index (χ4v) is 1.76. The van der Waals surface area contributed by atoms with Crippen molar-refractivity contribution in [2.45, 2.75) is 13.0 Å². The molecule has 0 saturated carbocycles. The Kier molecular flexibility index (Phi) is 4.04. The van der Waals surface area contributed by atoms with Crippen molar-refractivity contribution in [2.75, 3.05) is 11.9 Å². The number of nitrogens with zero attached hydrogens (tertiary/aromatic N) is 3. The Morgan fingerprint density at radius 1 is 1.42 bits per heavy atom. The Bertz CT molecular complexity index is 568. The average molecular weight is 256 g/mol. The fourth-order valence-electron chi connectivity index (χ4n) is 1.76. The van der Waals surface area contributed by atoms with Crippen molar-refractivity contribution < 1.29 is 4.74 Å². The summed E-state index contributed by atoms with van der Waals surface area (Å²) in [5.74, 6) is 0.695. The highest BCUT2D eigenvalue weighted by Gasteiger charge is 2.07. The van der Waals surface area contributed by atoms with Crippen LogP contribution in [-0.4, -0.2) is 16.4 Å². The minimum absolute atomic E-state index is 0.0683. The molecule has 1 aromatic heterocycles. The average Bonchev–Trinajstić information content (AvgIpc) is 2.85. The van der Waals surface area contributed by atoms with E-state index in [9.17, 15) is 0 Å². The highest BCUT2D eigenvalue weighted by Crippen LogP contribution is 2.21. The zero-order valence-electron chi connectivity index (χ0n) is 11.0. The number of aromatic nitrogens is 2. The standard InChI is InChI=1S/C14H16N4O/c1-11(12-9-16-18(2)10-12)17-13-3-5-14(6-4-13)19-8-7-15/h3-6,9-11,17H,8H2,1-2H3. The van der Waals surface area contributed by atoms with Gasteiger partial charge in [-0.2, -0.15) is 10.4 Å². The molecule has 1 aromatic carbocycles. The molecule has 0 aliphatic rings. The zero-order valence-corrected chi connectivity index (χ0v) is 11.0. The minimum Gasteiger partial charge on any atom is -0.479 e. The normalized spacial score (nSPS) is 11.6. The lowest BCUT2D eigenvalue weighted by Crippen LogP contribution is -2.05. The maximum absolute atomic E-state index is 8.43. The topological polar surface area (TPSA) is 62.9 Å². The van der Waals surface area contributed by atoms with Crippen molar-refractivity contribution in [2.24, 2.45) is 7.05 Å². The molecule has 0 saturated heterocycles. The lowest BCUT2D eigenvalue weighted by Gasteiger charge is -2.13. The van der Waals surface area contributed by atoms with Gasteiger partial charge in [-0.3, -0.25) is 4.68 Å². The first-order chi connectivity index (χ1) is 9.19. The molecule has 0 bridgehead atoms. The first kappa shape index (κ1) is 13.0. The second kappa shape index (κ2) is 5.91. The van der Waals surface area contributed by atoms with Crippen LogP contribution in [-0.2, 0) is 7.05 Å². The summed E-state index contributed by atoms with van der Waals surface area (Å²) in [6, 6.07) is 9.67. The lowest BCUT2D eigenvalue weighted by molar-refractivity contribution is 0.368. The van der Waals surface area contributed by atoms with E-state index in [1.807, 2.05) is 49.8 Å². The second-order valence-electron chi connectivity index (χ2n) is 4.28. The Balaban J connectivity index is 1.97. The number of benzene rings is 1. The summed E-state index contributed by atoms with van der Waals surface area (Å²) in [5.41, 5.74) is 2.13. The molecule has 2 aromatic rings. The van der Waals surface area contributed by atoms with Crippen LogP contribution >= 0.6 is 0 Å². The molecule has 98 valence electrons. The summed E-state index contributed by atoms with van der Waals surface area (Å²) in [6.45, 7) is 2.15. The van der Waals surface area contributed by atoms with Gasteiger partial charge in [0.15, 0.2) is 6.61 Å². The molecule has 0 amide bonds. The number of aryl methyl sites for hydroxylation is 1. The van der Waals surface area contributed by atoms with E-state index in [-0.39, 0.29) is 12.6 Å². The van der Waals surface area contributed by atoms with Gasteiger partial charge >= 0.3 is 0 Å². The molecule has 0 aliphatic heterocycles. The van der Waals surface area contributed by atoms with Gasteiger partial charge < -0.3 is 10.1 Å². The molecule has 2 rings (SSSR count). The summed E-state index contributed by atoms with van der Waals surface area (Å²) >= 11 is 0. The quantitative estimate of drug-likeness (QED) is 0.892. The Labute approximate surface area is 112 Å². The Hall–Kier alpha value is -2.48. The van der Waals surface area contributed by atoms with Crippen LogP contribution in [0.1, 0.15) is 18.5 Å². The minimum atomic E-state index is 0.0683. The van der Waals surface area contributed by atoms with Gasteiger partial charge in [0.2, 0.25) is 0 Å². The third-order valence-electron chi connectivity index (χ3n) is 2.77. The molecular weight excluding hydrogens is 240 g/mol. The van der Waals surface area contributed by atoms with Gasteiger partial charge in [-0.05, 0) is 31.2 Å². The number of nitrogens with one attached hydrogen (secondary N) is 1. The summed E-state index contributed by atoms with van der Waals surface area (Å²) in [4.78, 5) is 0. The van der Waals surface area contributed by atoms with Crippen LogP contribution in [0.3, 0.4) is 0 Å². The maximum atomic E-state index is 8.43. The van der Waals surface area contributed by atoms with Crippen molar-refractivity contribution in [3.8, 4) is 11.8 Å². The van der Waals surface area contributed by atoms with Gasteiger partial charge in [0, 0.05) is 24.5 Å². The van der Waals surface area contributed by atoms with Crippen LogP contribution in [0.4, 0.5) is 5.69 Å². The molecule has 1 heterocycles. The predicted molar refractivity (Wildman–Crippen MR) is 72.8 cm³/mol. The fraction of sp³-hybridized carbons (Fsp3) is 0.286. The summed E-state index contributed by atoms with van der Waals surface area (Å²) in [5, 5.41) is 16.0. The number of ether oxygens (including phenoxy) is 1. The van der Waals surface area contributed by atoms with Crippen LogP contribution in [0.2, 0.25) is 0 Å². The highest BCUT2D eigenvalue weighted by atomic mass is 16.5. The van der Waals surface area contributed by atoms with Gasteiger partial charge in [-0.1, -0.05) is 0 Å². The van der Waals surface area contributed by atoms with Gasteiger partial charge in [0.25, 0.3) is 0 Å². The number of anilines is 1. The monoisotopic (exact) mass is 256 g/mol. The van der Waals surface area contributed by atoms with Gasteiger partial charge in [-0.15, -0.1) is 0 Å². The van der Waals surface area contributed by atoms with Crippen LogP contribution in [0.15, 0.2) is 36.7 Å². The molecule has 0 fully saturated rings. The SMILES string of the molecule is CC(Nc1ccc(OCC#N)cc1)c1cnn(C)c1. The molecule has 1 unspecified atom stereocenters. The van der Waals surface area contributed by atoms with Gasteiger partial charge in [-0.25, -0.2) is 0 Å². The lowest BCUT2D eigenvalue weighted by atomic mass is 10.2.